The van der Waals surface area contributed by atoms with Gasteiger partial charge in [0.05, 0.1) is 35.4 Å². The van der Waals surface area contributed by atoms with Crippen molar-refractivity contribution in [3.63, 3.8) is 0 Å². The van der Waals surface area contributed by atoms with E-state index in [1.807, 2.05) is 0 Å². The quantitative estimate of drug-likeness (QED) is 0.0425. The van der Waals surface area contributed by atoms with Crippen LogP contribution in [0.2, 0.25) is 0 Å². The van der Waals surface area contributed by atoms with Gasteiger partial charge in [0, 0.05) is 54.0 Å². The van der Waals surface area contributed by atoms with E-state index in [0.717, 1.165) is 24.8 Å². The zero-order valence-corrected chi connectivity index (χ0v) is 38.2. The highest BCUT2D eigenvalue weighted by Gasteiger charge is 2.57. The predicted octanol–water partition coefficient (Wildman–Crippen LogP) is 7.37. The molecule has 0 unspecified atom stereocenters. The van der Waals surface area contributed by atoms with Crippen molar-refractivity contribution >= 4 is 23.6 Å². The number of aliphatic hydroxyl groups excluding tert-OH is 1. The highest BCUT2D eigenvalue weighted by molar-refractivity contribution is 5.91. The molecule has 0 bridgehead atoms. The van der Waals surface area contributed by atoms with Crippen LogP contribution in [-0.4, -0.2) is 96.4 Å². The van der Waals surface area contributed by atoms with Gasteiger partial charge in [-0.05, 0) is 88.6 Å². The Labute approximate surface area is 397 Å². The number of halogens is 12. The van der Waals surface area contributed by atoms with E-state index in [2.05, 4.69) is 31.6 Å². The minimum absolute atomic E-state index is 0.172. The second-order valence-corrected chi connectivity index (χ2v) is 18.7. The number of hydrogen-bond donors (Lipinski definition) is 5. The first kappa shape index (κ1) is 54.2. The molecule has 2 saturated carbocycles. The Balaban J connectivity index is 1.38. The number of carbonyl (C=O) groups is 4. The van der Waals surface area contributed by atoms with E-state index in [4.69, 9.17) is 0 Å². The molecule has 0 radical (unpaired) electrons. The summed E-state index contributed by atoms with van der Waals surface area (Å²) < 4.78 is 173. The van der Waals surface area contributed by atoms with Crippen LogP contribution in [0.3, 0.4) is 0 Å². The summed E-state index contributed by atoms with van der Waals surface area (Å²) >= 11 is 0. The molecule has 0 spiro atoms. The smallest absolute Gasteiger partial charge is 0.390 e. The minimum atomic E-state index is -5.17. The van der Waals surface area contributed by atoms with Crippen LogP contribution >= 0.6 is 0 Å². The lowest BCUT2D eigenvalue weighted by Gasteiger charge is -2.38. The standard InChI is InChI=1S/C45H49F12N9O5/c1-42(2,44(52,53)54)34(61-36(68)24-9-10-24)38(70)60-32(13-22-5-7-23(8-6-22)27-16-58-65(18-27)40(48)49)33(67)21-64(63-39(71)35(43(3,4)45(55,56)57)62-37(69)25-11-12-25)20-29-30(46)14-26(15-31(29)47)28-17-59-66(19-28)41(50)51/h5-8,14-19,24-25,32-35,40-41,67H,9-13,20-21H2,1-4H3,(H,60,70)(H,61,68)(H,62,69)(H,63,71)/t32-,33-,34+,35+/m0/s1. The highest BCUT2D eigenvalue weighted by Crippen LogP contribution is 2.43. The zero-order chi connectivity index (χ0) is 52.5. The van der Waals surface area contributed by atoms with Crippen LogP contribution < -0.4 is 21.4 Å². The molecular weight excluding hydrogens is 975 g/mol. The van der Waals surface area contributed by atoms with Gasteiger partial charge < -0.3 is 21.1 Å². The second-order valence-electron chi connectivity index (χ2n) is 18.7. The molecule has 14 nitrogen and oxygen atoms in total. The molecule has 5 N–H and O–H groups in total. The van der Waals surface area contributed by atoms with E-state index in [-0.39, 0.29) is 26.9 Å². The largest absolute Gasteiger partial charge is 0.396 e. The van der Waals surface area contributed by atoms with Crippen LogP contribution in [0, 0.1) is 34.3 Å². The molecule has 2 aliphatic rings. The molecule has 0 saturated heterocycles. The lowest BCUT2D eigenvalue weighted by Crippen LogP contribution is -2.64. The van der Waals surface area contributed by atoms with Crippen LogP contribution in [0.5, 0.6) is 0 Å². The Bertz CT molecular complexity index is 2530. The van der Waals surface area contributed by atoms with Crippen molar-refractivity contribution in [2.45, 2.75) is 116 Å². The Morgan fingerprint density at radius 3 is 1.52 bits per heavy atom. The van der Waals surface area contributed by atoms with Gasteiger partial charge in [0.25, 0.3) is 5.91 Å². The van der Waals surface area contributed by atoms with Gasteiger partial charge in [-0.2, -0.15) is 54.1 Å². The Hall–Kier alpha value is -6.18. The van der Waals surface area contributed by atoms with Crippen LogP contribution in [0.1, 0.15) is 77.6 Å². The maximum atomic E-state index is 16.0. The SMILES string of the molecule is CC(C)([C@H](NC(=O)C1CC1)C(=O)N[C@@H](Cc1ccc(-c2cnn(C(F)F)c2)cc1)[C@@H](O)CN(Cc1c(F)cc(-c2cnn(C(F)F)c2)cc1F)NC(=O)[C@@H](NC(=O)C1CC1)C(C)(C)C(F)(F)F)C(F)(F)F. The third-order valence-electron chi connectivity index (χ3n) is 12.5. The monoisotopic (exact) mass is 1020 g/mol. The fraction of sp³-hybridized carbons (Fsp3) is 0.511. The van der Waals surface area contributed by atoms with Crippen LogP contribution in [-0.2, 0) is 32.1 Å². The molecule has 0 aliphatic heterocycles. The number of carbonyl (C=O) groups excluding carboxylic acids is 4. The summed E-state index contributed by atoms with van der Waals surface area (Å²) in [6, 6.07) is 0.444. The topological polar surface area (TPSA) is 176 Å². The molecule has 71 heavy (non-hydrogen) atoms. The molecule has 2 heterocycles. The molecule has 2 fully saturated rings. The molecule has 388 valence electrons. The van der Waals surface area contributed by atoms with E-state index in [0.29, 0.717) is 80.8 Å². The molecule has 4 amide bonds. The number of benzene rings is 2. The highest BCUT2D eigenvalue weighted by atomic mass is 19.4. The maximum absolute atomic E-state index is 16.0. The van der Waals surface area contributed by atoms with E-state index < -0.39 is 133 Å². The number of aliphatic hydroxyl groups is 1. The lowest BCUT2D eigenvalue weighted by molar-refractivity contribution is -0.222. The average Bonchev–Trinajstić information content (AvgIpc) is 4.21. The van der Waals surface area contributed by atoms with Crippen molar-refractivity contribution in [2.24, 2.45) is 22.7 Å². The average molecular weight is 1020 g/mol. The summed E-state index contributed by atoms with van der Waals surface area (Å²) in [5, 5.41) is 26.1. The van der Waals surface area contributed by atoms with E-state index in [9.17, 15) is 68.2 Å². The third-order valence-corrected chi connectivity index (χ3v) is 12.5. The summed E-state index contributed by atoms with van der Waals surface area (Å²) in [7, 11) is 0. The first-order valence-corrected chi connectivity index (χ1v) is 22.0. The van der Waals surface area contributed by atoms with Crippen molar-refractivity contribution < 1.29 is 77.0 Å². The van der Waals surface area contributed by atoms with Crippen molar-refractivity contribution in [2.75, 3.05) is 6.54 Å². The van der Waals surface area contributed by atoms with E-state index in [1.165, 1.54) is 24.3 Å². The van der Waals surface area contributed by atoms with Crippen molar-refractivity contribution in [1.82, 2.24) is 45.9 Å². The summed E-state index contributed by atoms with van der Waals surface area (Å²) in [6.45, 7) is -5.84. The number of aromatic nitrogens is 4. The van der Waals surface area contributed by atoms with Crippen molar-refractivity contribution in [3.8, 4) is 22.3 Å². The number of rotatable bonds is 21. The van der Waals surface area contributed by atoms with Gasteiger partial charge in [0.1, 0.15) is 23.7 Å². The summed E-state index contributed by atoms with van der Waals surface area (Å²) in [5.41, 5.74) is -4.52. The Morgan fingerprint density at radius 2 is 1.11 bits per heavy atom. The molecule has 4 aromatic rings. The third kappa shape index (κ3) is 12.8. The summed E-state index contributed by atoms with van der Waals surface area (Å²) in [4.78, 5) is 54.0. The van der Waals surface area contributed by atoms with Crippen LogP contribution in [0.15, 0.2) is 61.2 Å². The first-order valence-electron chi connectivity index (χ1n) is 22.0. The number of amides is 4. The van der Waals surface area contributed by atoms with Gasteiger partial charge in [0.2, 0.25) is 17.7 Å². The number of alkyl halides is 10. The van der Waals surface area contributed by atoms with Crippen LogP contribution in [0.4, 0.5) is 52.7 Å². The number of nitrogens with zero attached hydrogens (tertiary/aromatic N) is 5. The first-order chi connectivity index (χ1) is 33.0. The molecule has 2 aliphatic carbocycles. The number of hydrazine groups is 1. The zero-order valence-electron chi connectivity index (χ0n) is 38.2. The Morgan fingerprint density at radius 1 is 0.676 bits per heavy atom. The summed E-state index contributed by atoms with van der Waals surface area (Å²) in [6.07, 6.45) is -7.88. The fourth-order valence-corrected chi connectivity index (χ4v) is 7.34. The van der Waals surface area contributed by atoms with Gasteiger partial charge in [-0.15, -0.1) is 0 Å². The van der Waals surface area contributed by atoms with Crippen molar-refractivity contribution in [1.29, 1.82) is 0 Å². The van der Waals surface area contributed by atoms with Crippen LogP contribution in [0.25, 0.3) is 22.3 Å². The molecule has 2 aromatic heterocycles. The van der Waals surface area contributed by atoms with Gasteiger partial charge in [-0.25, -0.2) is 23.2 Å². The number of nitrogens with one attached hydrogen (secondary N) is 4. The number of hydrogen-bond acceptors (Lipinski definition) is 8. The summed E-state index contributed by atoms with van der Waals surface area (Å²) in [5.74, 6) is -9.09. The maximum Gasteiger partial charge on any atom is 0.396 e. The van der Waals surface area contributed by atoms with Gasteiger partial charge in [-0.1, -0.05) is 24.3 Å². The Kier molecular flexibility index (Phi) is 15.9. The normalized spacial score (nSPS) is 16.5. The molecule has 4 atom stereocenters. The van der Waals surface area contributed by atoms with E-state index in [1.54, 1.807) is 0 Å². The molecule has 26 heteroatoms. The van der Waals surface area contributed by atoms with Crippen molar-refractivity contribution in [3.05, 3.63) is 83.9 Å². The minimum Gasteiger partial charge on any atom is -0.390 e. The predicted molar refractivity (Wildman–Crippen MR) is 227 cm³/mol. The molecule has 6 rings (SSSR count). The van der Waals surface area contributed by atoms with Gasteiger partial charge in [0.15, 0.2) is 0 Å². The second kappa shape index (κ2) is 20.9. The fourth-order valence-electron chi connectivity index (χ4n) is 7.34. The molecular formula is C45H49F12N9O5. The lowest BCUT2D eigenvalue weighted by atomic mass is 9.82. The van der Waals surface area contributed by atoms with Gasteiger partial charge >= 0.3 is 25.5 Å². The van der Waals surface area contributed by atoms with Gasteiger partial charge in [-0.3, -0.25) is 24.6 Å². The molecule has 2 aromatic carbocycles. The van der Waals surface area contributed by atoms with E-state index >= 15 is 8.78 Å².